The molecule has 0 unspecified atom stereocenters. The predicted octanol–water partition coefficient (Wildman–Crippen LogP) is 3.68. The predicted molar refractivity (Wildman–Crippen MR) is 76.0 cm³/mol. The molecule has 3 nitrogen and oxygen atoms in total. The highest BCUT2D eigenvalue weighted by atomic mass is 32.1. The maximum Gasteiger partial charge on any atom is 0.190 e. The van der Waals surface area contributed by atoms with Crippen molar-refractivity contribution in [3.63, 3.8) is 0 Å². The molecule has 94 valence electrons. The van der Waals surface area contributed by atoms with Crippen LogP contribution in [0.3, 0.4) is 0 Å². The van der Waals surface area contributed by atoms with E-state index in [1.54, 1.807) is 5.38 Å². The van der Waals surface area contributed by atoms with E-state index >= 15 is 0 Å². The number of benzene rings is 1. The van der Waals surface area contributed by atoms with Crippen LogP contribution >= 0.6 is 11.3 Å². The Balaban J connectivity index is 2.23. The fourth-order valence-electron chi connectivity index (χ4n) is 1.65. The first-order chi connectivity index (χ1) is 8.61. The van der Waals surface area contributed by atoms with Crippen LogP contribution in [0.2, 0.25) is 0 Å². The van der Waals surface area contributed by atoms with Gasteiger partial charge in [-0.2, -0.15) is 0 Å². The molecule has 0 saturated heterocycles. The zero-order valence-corrected chi connectivity index (χ0v) is 11.6. The van der Waals surface area contributed by atoms with Crippen molar-refractivity contribution in [3.05, 3.63) is 40.9 Å². The van der Waals surface area contributed by atoms with E-state index in [1.807, 2.05) is 11.9 Å². The number of hydrogen-bond acceptors (Lipinski definition) is 4. The van der Waals surface area contributed by atoms with Crippen LogP contribution in [-0.4, -0.2) is 17.8 Å². The van der Waals surface area contributed by atoms with Crippen molar-refractivity contribution in [1.82, 2.24) is 4.98 Å². The van der Waals surface area contributed by atoms with Crippen molar-refractivity contribution >= 4 is 27.9 Å². The summed E-state index contributed by atoms with van der Waals surface area (Å²) in [5.74, 6) is 0.00670. The Hall–Kier alpha value is -1.68. The highest BCUT2D eigenvalue weighted by molar-refractivity contribution is 7.14. The van der Waals surface area contributed by atoms with E-state index in [2.05, 4.69) is 36.2 Å². The molecule has 0 aliphatic carbocycles. The van der Waals surface area contributed by atoms with E-state index in [0.717, 1.165) is 17.2 Å². The van der Waals surface area contributed by atoms with Gasteiger partial charge in [0, 0.05) is 25.0 Å². The van der Waals surface area contributed by atoms with Crippen LogP contribution < -0.4 is 4.90 Å². The van der Waals surface area contributed by atoms with Crippen LogP contribution in [0.5, 0.6) is 0 Å². The lowest BCUT2D eigenvalue weighted by molar-refractivity contribution is 0.101. The van der Waals surface area contributed by atoms with Gasteiger partial charge in [-0.3, -0.25) is 4.79 Å². The highest BCUT2D eigenvalue weighted by Crippen LogP contribution is 2.27. The van der Waals surface area contributed by atoms with Gasteiger partial charge in [-0.25, -0.2) is 4.98 Å². The summed E-state index contributed by atoms with van der Waals surface area (Å²) in [4.78, 5) is 17.5. The number of hydrogen-bond donors (Lipinski definition) is 0. The van der Waals surface area contributed by atoms with Crippen LogP contribution in [0.1, 0.15) is 29.9 Å². The summed E-state index contributed by atoms with van der Waals surface area (Å²) in [5.41, 5.74) is 2.93. The first kappa shape index (κ1) is 12.8. The molecule has 1 aromatic heterocycles. The molecule has 0 N–H and O–H groups in total. The van der Waals surface area contributed by atoms with E-state index in [9.17, 15) is 4.79 Å². The Kier molecular flexibility index (Phi) is 3.77. The first-order valence-electron chi connectivity index (χ1n) is 5.91. The molecule has 0 atom stereocenters. The largest absolute Gasteiger partial charge is 0.321 e. The summed E-state index contributed by atoms with van der Waals surface area (Å²) in [5, 5.41) is 2.64. The van der Waals surface area contributed by atoms with E-state index < -0.39 is 0 Å². The van der Waals surface area contributed by atoms with E-state index in [0.29, 0.717) is 5.69 Å². The molecule has 0 bridgehead atoms. The summed E-state index contributed by atoms with van der Waals surface area (Å²) in [6.45, 7) is 3.67. The van der Waals surface area contributed by atoms with Crippen molar-refractivity contribution < 1.29 is 4.79 Å². The number of aromatic nitrogens is 1. The van der Waals surface area contributed by atoms with Gasteiger partial charge in [0.2, 0.25) is 0 Å². The molecule has 0 aliphatic rings. The molecule has 0 amide bonds. The molecule has 0 radical (unpaired) electrons. The maximum atomic E-state index is 11.2. The molecule has 0 aliphatic heterocycles. The number of carbonyl (C=O) groups is 1. The molecular weight excluding hydrogens is 244 g/mol. The average molecular weight is 260 g/mol. The molecule has 1 heterocycles. The fraction of sp³-hybridized carbons (Fsp3) is 0.286. The molecule has 4 heteroatoms. The standard InChI is InChI=1S/C14H16N2OS/c1-4-11-5-7-12(8-6-11)16(3)14-15-13(9-18-14)10(2)17/h5-9H,4H2,1-3H3. The Labute approximate surface area is 111 Å². The number of rotatable bonds is 4. The normalized spacial score (nSPS) is 10.4. The van der Waals surface area contributed by atoms with Gasteiger partial charge in [0.1, 0.15) is 5.69 Å². The third-order valence-electron chi connectivity index (χ3n) is 2.87. The number of ketones is 1. The minimum Gasteiger partial charge on any atom is -0.321 e. The Morgan fingerprint density at radius 2 is 2.00 bits per heavy atom. The number of thiazole rings is 1. The number of Topliss-reactive ketones (excluding diaryl/α,β-unsaturated/α-hetero) is 1. The minimum absolute atomic E-state index is 0.00670. The Bertz CT molecular complexity index is 545. The van der Waals surface area contributed by atoms with Crippen LogP contribution in [0.15, 0.2) is 29.6 Å². The van der Waals surface area contributed by atoms with Gasteiger partial charge < -0.3 is 4.90 Å². The van der Waals surface area contributed by atoms with E-state index in [-0.39, 0.29) is 5.78 Å². The molecule has 2 aromatic rings. The number of aryl methyl sites for hydroxylation is 1. The quantitative estimate of drug-likeness (QED) is 0.786. The van der Waals surface area contributed by atoms with Crippen molar-refractivity contribution in [1.29, 1.82) is 0 Å². The maximum absolute atomic E-state index is 11.2. The van der Waals surface area contributed by atoms with Crippen molar-refractivity contribution in [2.75, 3.05) is 11.9 Å². The lowest BCUT2D eigenvalue weighted by Crippen LogP contribution is -2.09. The first-order valence-corrected chi connectivity index (χ1v) is 6.79. The zero-order valence-electron chi connectivity index (χ0n) is 10.8. The summed E-state index contributed by atoms with van der Waals surface area (Å²) < 4.78 is 0. The molecule has 2 rings (SSSR count). The molecular formula is C14H16N2OS. The van der Waals surface area contributed by atoms with Crippen LogP contribution in [0.4, 0.5) is 10.8 Å². The SMILES string of the molecule is CCc1ccc(N(C)c2nc(C(C)=O)cs2)cc1. The molecule has 0 fully saturated rings. The van der Waals surface area contributed by atoms with Crippen LogP contribution in [0, 0.1) is 0 Å². The summed E-state index contributed by atoms with van der Waals surface area (Å²) in [6.07, 6.45) is 1.04. The lowest BCUT2D eigenvalue weighted by atomic mass is 10.1. The van der Waals surface area contributed by atoms with Crippen LogP contribution in [-0.2, 0) is 6.42 Å². The average Bonchev–Trinajstić information content (AvgIpc) is 2.88. The fourth-order valence-corrected chi connectivity index (χ4v) is 2.50. The van der Waals surface area contributed by atoms with Gasteiger partial charge in [0.05, 0.1) is 0 Å². The topological polar surface area (TPSA) is 33.2 Å². The van der Waals surface area contributed by atoms with E-state index in [4.69, 9.17) is 0 Å². The second kappa shape index (κ2) is 5.31. The van der Waals surface area contributed by atoms with Crippen LogP contribution in [0.25, 0.3) is 0 Å². The van der Waals surface area contributed by atoms with Crippen molar-refractivity contribution in [2.45, 2.75) is 20.3 Å². The molecule has 0 spiro atoms. The highest BCUT2D eigenvalue weighted by Gasteiger charge is 2.11. The second-order valence-electron chi connectivity index (χ2n) is 4.15. The third-order valence-corrected chi connectivity index (χ3v) is 3.79. The molecule has 0 saturated carbocycles. The number of carbonyl (C=O) groups excluding carboxylic acids is 1. The number of nitrogens with zero attached hydrogens (tertiary/aromatic N) is 2. The second-order valence-corrected chi connectivity index (χ2v) is 4.99. The van der Waals surface area contributed by atoms with Gasteiger partial charge in [-0.05, 0) is 24.1 Å². The Morgan fingerprint density at radius 1 is 1.33 bits per heavy atom. The van der Waals surface area contributed by atoms with Crippen molar-refractivity contribution in [2.24, 2.45) is 0 Å². The smallest absolute Gasteiger partial charge is 0.190 e. The molecule has 1 aromatic carbocycles. The van der Waals surface area contributed by atoms with Gasteiger partial charge in [-0.1, -0.05) is 19.1 Å². The van der Waals surface area contributed by atoms with Gasteiger partial charge in [0.15, 0.2) is 10.9 Å². The minimum atomic E-state index is 0.00670. The van der Waals surface area contributed by atoms with Gasteiger partial charge >= 0.3 is 0 Å². The summed E-state index contributed by atoms with van der Waals surface area (Å²) in [6, 6.07) is 8.39. The lowest BCUT2D eigenvalue weighted by Gasteiger charge is -2.16. The van der Waals surface area contributed by atoms with Gasteiger partial charge in [0.25, 0.3) is 0 Å². The Morgan fingerprint density at radius 3 is 2.50 bits per heavy atom. The summed E-state index contributed by atoms with van der Waals surface area (Å²) >= 11 is 1.48. The number of anilines is 2. The van der Waals surface area contributed by atoms with E-state index in [1.165, 1.54) is 23.8 Å². The third kappa shape index (κ3) is 2.59. The monoisotopic (exact) mass is 260 g/mol. The molecule has 18 heavy (non-hydrogen) atoms. The van der Waals surface area contributed by atoms with Crippen molar-refractivity contribution in [3.8, 4) is 0 Å². The summed E-state index contributed by atoms with van der Waals surface area (Å²) in [7, 11) is 1.96. The van der Waals surface area contributed by atoms with Gasteiger partial charge in [-0.15, -0.1) is 11.3 Å². The zero-order chi connectivity index (χ0) is 13.1.